The summed E-state index contributed by atoms with van der Waals surface area (Å²) in [6.07, 6.45) is 7.20. The standard InChI is InChI=1S/C75H46.C2H6/c1-9-25-61-49(17-1)50-18-2-10-26-62(50)73(61)65-29-13-7-23-55(65)57-37-33-45(41-69(57)73)47-35-39-59-60-40-36-48(44-72(60)75(71(59)43-47)67-31-15-5-21-53(67)54-22-6-16-32-68(54)75)46-34-38-58-56-24-8-14-30-66(56)74(70(58)42-46)63-27-11-3-19-51(63)52-20-4-12-28-64(52)74;1-2/h1-5,7-15,17-44H,6,16H2;1-2H3. The molecule has 7 aliphatic carbocycles. The van der Waals surface area contributed by atoms with Crippen molar-refractivity contribution in [3.63, 3.8) is 0 Å². The lowest BCUT2D eigenvalue weighted by atomic mass is 9.68. The maximum absolute atomic E-state index is 2.59. The Morgan fingerprint density at radius 3 is 0.766 bits per heavy atom. The van der Waals surface area contributed by atoms with Gasteiger partial charge in [0, 0.05) is 0 Å². The van der Waals surface area contributed by atoms with Crippen molar-refractivity contribution in [2.75, 3.05) is 0 Å². The average Bonchev–Trinajstić information content (AvgIpc) is 3.51. The minimum atomic E-state index is -0.478. The molecule has 0 N–H and O–H groups in total. The van der Waals surface area contributed by atoms with Crippen LogP contribution in [0, 0.1) is 0 Å². The van der Waals surface area contributed by atoms with E-state index in [1.54, 1.807) is 0 Å². The molecule has 0 amide bonds. The molecule has 0 atom stereocenters. The molecule has 0 aliphatic heterocycles. The molecule has 0 saturated heterocycles. The summed E-state index contributed by atoms with van der Waals surface area (Å²) in [7, 11) is 0. The lowest BCUT2D eigenvalue weighted by Gasteiger charge is -2.32. The van der Waals surface area contributed by atoms with E-state index < -0.39 is 16.2 Å². The first kappa shape index (κ1) is 43.2. The van der Waals surface area contributed by atoms with Crippen molar-refractivity contribution in [2.24, 2.45) is 0 Å². The van der Waals surface area contributed by atoms with Gasteiger partial charge in [-0.3, -0.25) is 0 Å². The smallest absolute Gasteiger partial charge is 0.0725 e. The van der Waals surface area contributed by atoms with Crippen molar-refractivity contribution in [1.29, 1.82) is 0 Å². The van der Waals surface area contributed by atoms with E-state index in [-0.39, 0.29) is 0 Å². The van der Waals surface area contributed by atoms with E-state index in [2.05, 4.69) is 255 Å². The summed E-state index contributed by atoms with van der Waals surface area (Å²) in [6, 6.07) is 93.8. The molecular formula is C77H52. The highest BCUT2D eigenvalue weighted by molar-refractivity contribution is 6.03. The number of benzene rings is 11. The Balaban J connectivity index is 0.00000238. The Hall–Kier alpha value is -9.10. The van der Waals surface area contributed by atoms with Gasteiger partial charge in [-0.2, -0.15) is 0 Å². The molecule has 0 unspecified atom stereocenters. The van der Waals surface area contributed by atoms with Crippen LogP contribution in [0.5, 0.6) is 0 Å². The van der Waals surface area contributed by atoms with Crippen molar-refractivity contribution in [3.8, 4) is 77.9 Å². The van der Waals surface area contributed by atoms with Gasteiger partial charge in [-0.25, -0.2) is 0 Å². The molecule has 0 heteroatoms. The van der Waals surface area contributed by atoms with E-state index in [1.807, 2.05) is 13.8 Å². The normalized spacial score (nSPS) is 16.0. The second-order valence-electron chi connectivity index (χ2n) is 21.9. The molecule has 11 aromatic rings. The zero-order valence-electron chi connectivity index (χ0n) is 43.2. The highest BCUT2D eigenvalue weighted by atomic mass is 14.6. The minimum Gasteiger partial charge on any atom is -0.0788 e. The third-order valence-electron chi connectivity index (χ3n) is 19.0. The molecule has 11 aromatic carbocycles. The summed E-state index contributed by atoms with van der Waals surface area (Å²) in [5.41, 5.74) is 36.4. The molecule has 0 fully saturated rings. The van der Waals surface area contributed by atoms with Crippen LogP contribution in [0.2, 0.25) is 0 Å². The van der Waals surface area contributed by atoms with E-state index in [9.17, 15) is 0 Å². The molecule has 0 heterocycles. The van der Waals surface area contributed by atoms with Gasteiger partial charge in [-0.15, -0.1) is 0 Å². The molecule has 18 rings (SSSR count). The van der Waals surface area contributed by atoms with Crippen LogP contribution in [0.1, 0.15) is 93.5 Å². The highest BCUT2D eigenvalue weighted by Crippen LogP contribution is 2.68. The van der Waals surface area contributed by atoms with Gasteiger partial charge in [-0.1, -0.05) is 244 Å². The third-order valence-corrected chi connectivity index (χ3v) is 19.0. The molecule has 0 saturated carbocycles. The monoisotopic (exact) mass is 976 g/mol. The van der Waals surface area contributed by atoms with Crippen molar-refractivity contribution in [2.45, 2.75) is 42.9 Å². The summed E-state index contributed by atoms with van der Waals surface area (Å²) in [4.78, 5) is 0. The van der Waals surface area contributed by atoms with Gasteiger partial charge in [0.05, 0.1) is 16.2 Å². The molecule has 7 aliphatic rings. The zero-order valence-corrected chi connectivity index (χ0v) is 43.2. The van der Waals surface area contributed by atoms with Crippen LogP contribution in [-0.4, -0.2) is 0 Å². The van der Waals surface area contributed by atoms with Crippen LogP contribution in [-0.2, 0) is 16.2 Å². The van der Waals surface area contributed by atoms with Crippen molar-refractivity contribution >= 4 is 5.57 Å². The van der Waals surface area contributed by atoms with Crippen molar-refractivity contribution < 1.29 is 0 Å². The Bertz CT molecular complexity index is 4120. The van der Waals surface area contributed by atoms with Crippen LogP contribution >= 0.6 is 0 Å². The van der Waals surface area contributed by atoms with E-state index in [0.29, 0.717) is 0 Å². The van der Waals surface area contributed by atoms with Gasteiger partial charge in [-0.05, 0) is 193 Å². The second-order valence-corrected chi connectivity index (χ2v) is 21.9. The molecule has 360 valence electrons. The Morgan fingerprint density at radius 2 is 0.455 bits per heavy atom. The van der Waals surface area contributed by atoms with Crippen LogP contribution in [0.4, 0.5) is 0 Å². The van der Waals surface area contributed by atoms with Gasteiger partial charge >= 0.3 is 0 Å². The van der Waals surface area contributed by atoms with Gasteiger partial charge in [0.15, 0.2) is 0 Å². The first-order valence-electron chi connectivity index (χ1n) is 27.9. The lowest BCUT2D eigenvalue weighted by molar-refractivity contribution is 0.782. The number of allylic oxidation sites excluding steroid dienone is 4. The second kappa shape index (κ2) is 15.5. The summed E-state index contributed by atoms with van der Waals surface area (Å²) in [6.45, 7) is 4.00. The topological polar surface area (TPSA) is 0 Å². The molecule has 0 radical (unpaired) electrons. The number of hydrogen-bond donors (Lipinski definition) is 0. The van der Waals surface area contributed by atoms with Crippen LogP contribution in [0.25, 0.3) is 83.5 Å². The SMILES string of the molecule is C1=C2C(=CCC1)C1(c3ccccc32)c2cc(-c3ccc4c(c3)C3(c5ccccc5-c5ccccc53)c3ccccc3-4)ccc2-c2ccc(-c3ccc4c(c3)C3(c5ccccc5-c5ccccc53)c3ccccc3-4)cc21.CC. The van der Waals surface area contributed by atoms with Gasteiger partial charge in [0.25, 0.3) is 0 Å². The van der Waals surface area contributed by atoms with Crippen molar-refractivity contribution in [3.05, 3.63) is 327 Å². The largest absolute Gasteiger partial charge is 0.0788 e. The number of fused-ring (bicyclic) bond motifs is 30. The molecule has 77 heavy (non-hydrogen) atoms. The fourth-order valence-corrected chi connectivity index (χ4v) is 16.3. The first-order chi connectivity index (χ1) is 38.2. The van der Waals surface area contributed by atoms with Gasteiger partial charge in [0.1, 0.15) is 0 Å². The molecule has 3 spiro atoms. The maximum Gasteiger partial charge on any atom is 0.0725 e. The quantitative estimate of drug-likeness (QED) is 0.162. The molecule has 0 bridgehead atoms. The summed E-state index contributed by atoms with van der Waals surface area (Å²) < 4.78 is 0. The van der Waals surface area contributed by atoms with Gasteiger partial charge in [0.2, 0.25) is 0 Å². The van der Waals surface area contributed by atoms with Crippen LogP contribution in [0.3, 0.4) is 0 Å². The Morgan fingerprint density at radius 1 is 0.221 bits per heavy atom. The van der Waals surface area contributed by atoms with E-state index >= 15 is 0 Å². The molecule has 0 nitrogen and oxygen atoms in total. The predicted molar refractivity (Wildman–Crippen MR) is 318 cm³/mol. The molecular weight excluding hydrogens is 925 g/mol. The van der Waals surface area contributed by atoms with Crippen molar-refractivity contribution in [1.82, 2.24) is 0 Å². The number of rotatable bonds is 2. The number of hydrogen-bond acceptors (Lipinski definition) is 0. The fraction of sp³-hybridized carbons (Fsp3) is 0.0909. The Labute approximate surface area is 451 Å². The Kier molecular flexibility index (Phi) is 8.69. The van der Waals surface area contributed by atoms with E-state index in [0.717, 1.165) is 12.8 Å². The van der Waals surface area contributed by atoms with E-state index in [4.69, 9.17) is 0 Å². The predicted octanol–water partition coefficient (Wildman–Crippen LogP) is 19.2. The molecule has 0 aromatic heterocycles. The van der Waals surface area contributed by atoms with Crippen LogP contribution < -0.4 is 0 Å². The van der Waals surface area contributed by atoms with Gasteiger partial charge < -0.3 is 0 Å². The third kappa shape index (κ3) is 5.11. The average molecular weight is 977 g/mol. The van der Waals surface area contributed by atoms with Crippen LogP contribution in [0.15, 0.2) is 260 Å². The fourth-order valence-electron chi connectivity index (χ4n) is 16.3. The summed E-state index contributed by atoms with van der Waals surface area (Å²) >= 11 is 0. The lowest BCUT2D eigenvalue weighted by Crippen LogP contribution is -2.26. The summed E-state index contributed by atoms with van der Waals surface area (Å²) in [5.74, 6) is 0. The maximum atomic E-state index is 2.59. The zero-order chi connectivity index (χ0) is 50.8. The van der Waals surface area contributed by atoms with E-state index in [1.165, 1.54) is 156 Å². The highest BCUT2D eigenvalue weighted by Gasteiger charge is 2.56. The first-order valence-corrected chi connectivity index (χ1v) is 27.9. The minimum absolute atomic E-state index is 0.402. The summed E-state index contributed by atoms with van der Waals surface area (Å²) in [5, 5.41) is 0.